The van der Waals surface area contributed by atoms with Gasteiger partial charge in [0.1, 0.15) is 12.6 Å². The molecule has 2 aliphatic rings. The predicted molar refractivity (Wildman–Crippen MR) is 183 cm³/mol. The van der Waals surface area contributed by atoms with Crippen LogP contribution in [0.25, 0.3) is 0 Å². The zero-order chi connectivity index (χ0) is 35.0. The summed E-state index contributed by atoms with van der Waals surface area (Å²) in [4.78, 5) is 51.4. The molecule has 0 aromatic heterocycles. The van der Waals surface area contributed by atoms with Gasteiger partial charge in [0.25, 0.3) is 5.91 Å². The van der Waals surface area contributed by atoms with Crippen LogP contribution in [0.3, 0.4) is 0 Å². The van der Waals surface area contributed by atoms with Gasteiger partial charge in [0.05, 0.1) is 37.3 Å². The average molecular weight is 697 g/mol. The van der Waals surface area contributed by atoms with E-state index in [9.17, 15) is 29.4 Å². The van der Waals surface area contributed by atoms with E-state index in [4.69, 9.17) is 14.2 Å². The van der Waals surface area contributed by atoms with E-state index < -0.39 is 30.3 Å². The second-order valence-corrected chi connectivity index (χ2v) is 13.1. The Labute approximate surface area is 293 Å². The molecule has 4 atom stereocenters. The average Bonchev–Trinajstić information content (AvgIpc) is 3.40. The van der Waals surface area contributed by atoms with Crippen LogP contribution in [0, 0.1) is 0 Å². The molecule has 3 amide bonds. The predicted octanol–water partition coefficient (Wildman–Crippen LogP) is 5.77. The molecule has 11 nitrogen and oxygen atoms in total. The monoisotopic (exact) mass is 696 g/mol. The molecule has 2 fully saturated rings. The Hall–Kier alpha value is -5.01. The minimum Gasteiger partial charge on any atom is -0.478 e. The minimum atomic E-state index is -0.998. The molecule has 258 valence electrons. The summed E-state index contributed by atoms with van der Waals surface area (Å²) in [6.45, 7) is 0.0307. The number of alkyl carbamates (subject to hydrolysis) is 1. The third kappa shape index (κ3) is 8.77. The molecule has 0 radical (unpaired) electrons. The summed E-state index contributed by atoms with van der Waals surface area (Å²) in [7, 11) is 0. The number of carboxylic acids is 1. The van der Waals surface area contributed by atoms with Crippen molar-refractivity contribution in [2.75, 3.05) is 5.75 Å². The number of hydrogen-bond donors (Lipinski definition) is 3. The van der Waals surface area contributed by atoms with Crippen molar-refractivity contribution >= 4 is 35.6 Å². The molecule has 50 heavy (non-hydrogen) atoms. The molecule has 3 N–H and O–H groups in total. The van der Waals surface area contributed by atoms with Crippen LogP contribution in [0.2, 0.25) is 0 Å². The smallest absolute Gasteiger partial charge is 0.408 e. The summed E-state index contributed by atoms with van der Waals surface area (Å²) in [5, 5.41) is 21.2. The molecule has 1 unspecified atom stereocenters. The van der Waals surface area contributed by atoms with Gasteiger partial charge in [-0.2, -0.15) is 0 Å². The Balaban J connectivity index is 1.09. The number of imide groups is 1. The van der Waals surface area contributed by atoms with Crippen molar-refractivity contribution in [3.8, 4) is 0 Å². The van der Waals surface area contributed by atoms with E-state index in [2.05, 4.69) is 5.32 Å². The number of carbonyl (C=O) groups excluding carboxylic acids is 3. The van der Waals surface area contributed by atoms with Crippen molar-refractivity contribution in [3.63, 3.8) is 0 Å². The quantitative estimate of drug-likeness (QED) is 0.123. The number of nitrogens with one attached hydrogen (secondary N) is 1. The molecule has 12 heteroatoms. The van der Waals surface area contributed by atoms with Gasteiger partial charge in [-0.15, -0.1) is 11.8 Å². The second-order valence-electron chi connectivity index (χ2n) is 12.0. The first-order valence-electron chi connectivity index (χ1n) is 16.1. The molecule has 4 aromatic carbocycles. The number of amides is 3. The third-order valence-electron chi connectivity index (χ3n) is 8.49. The Morgan fingerprint density at radius 3 is 2.20 bits per heavy atom. The molecular weight excluding hydrogens is 660 g/mol. The number of aliphatic hydroxyl groups excluding tert-OH is 1. The molecule has 0 bridgehead atoms. The summed E-state index contributed by atoms with van der Waals surface area (Å²) >= 11 is 1.56. The Morgan fingerprint density at radius 2 is 1.52 bits per heavy atom. The van der Waals surface area contributed by atoms with Crippen LogP contribution >= 0.6 is 11.8 Å². The maximum atomic E-state index is 13.1. The highest BCUT2D eigenvalue weighted by Gasteiger charge is 2.40. The number of rotatable bonds is 12. The van der Waals surface area contributed by atoms with Gasteiger partial charge in [-0.3, -0.25) is 14.5 Å². The van der Waals surface area contributed by atoms with Gasteiger partial charge in [0.2, 0.25) is 5.91 Å². The van der Waals surface area contributed by atoms with Crippen molar-refractivity contribution in [2.45, 2.75) is 62.0 Å². The molecule has 2 heterocycles. The first-order valence-corrected chi connectivity index (χ1v) is 17.1. The number of nitrogens with zero attached hydrogens (tertiary/aromatic N) is 1. The summed E-state index contributed by atoms with van der Waals surface area (Å²) in [5.41, 5.74) is 4.24. The summed E-state index contributed by atoms with van der Waals surface area (Å²) in [5.74, 6) is -1.26. The largest absolute Gasteiger partial charge is 0.478 e. The van der Waals surface area contributed by atoms with Crippen LogP contribution in [0.4, 0.5) is 4.79 Å². The molecule has 6 rings (SSSR count). The number of benzene rings is 4. The highest BCUT2D eigenvalue weighted by Crippen LogP contribution is 2.39. The topological polar surface area (TPSA) is 152 Å². The molecule has 4 aromatic rings. The zero-order valence-electron chi connectivity index (χ0n) is 27.0. The van der Waals surface area contributed by atoms with Crippen molar-refractivity contribution < 1.29 is 43.6 Å². The van der Waals surface area contributed by atoms with Gasteiger partial charge in [-0.05, 0) is 46.5 Å². The van der Waals surface area contributed by atoms with Crippen LogP contribution in [0.1, 0.15) is 63.4 Å². The number of likely N-dealkylation sites (tertiary alicyclic amines) is 1. The molecule has 0 aliphatic carbocycles. The lowest BCUT2D eigenvalue weighted by Gasteiger charge is -2.36. The van der Waals surface area contributed by atoms with Gasteiger partial charge in [-0.1, -0.05) is 78.9 Å². The van der Waals surface area contributed by atoms with Crippen molar-refractivity contribution in [2.24, 2.45) is 0 Å². The first-order chi connectivity index (χ1) is 24.2. The number of aromatic carboxylic acids is 1. The number of hydrogen-bond acceptors (Lipinski definition) is 9. The van der Waals surface area contributed by atoms with E-state index in [-0.39, 0.29) is 49.9 Å². The van der Waals surface area contributed by atoms with Crippen LogP contribution in [-0.4, -0.2) is 56.9 Å². The van der Waals surface area contributed by atoms with Gasteiger partial charge in [0.15, 0.2) is 6.29 Å². The highest BCUT2D eigenvalue weighted by atomic mass is 32.2. The number of ether oxygens (including phenoxy) is 3. The number of carboxylic acid groups (broad SMARTS) is 1. The van der Waals surface area contributed by atoms with Gasteiger partial charge in [-0.25, -0.2) is 9.59 Å². The fraction of sp³-hybridized carbons (Fsp3) is 0.263. The van der Waals surface area contributed by atoms with E-state index >= 15 is 0 Å². The second kappa shape index (κ2) is 16.1. The first kappa shape index (κ1) is 34.8. The molecule has 2 saturated heterocycles. The lowest BCUT2D eigenvalue weighted by molar-refractivity contribution is -0.245. The lowest BCUT2D eigenvalue weighted by atomic mass is 10.0. The molecule has 0 saturated carbocycles. The number of thioether (sulfide) groups is 1. The standard InChI is InChI=1S/C38H36N2O9S/c41-21-25-8-10-27(11-9-25)33-18-30(23-50-31-16-14-28(15-17-31)36(44)45)48-37(49-33)29-12-6-24(7-13-29)20-40-34(42)19-32(35(40)43)39-38(46)47-22-26-4-2-1-3-5-26/h1-17,30,32-33,37,41H,18-23H2,(H,39,46)(H,44,45)/t30-,32?,33+,37+/m1/s1. The van der Waals surface area contributed by atoms with E-state index in [0.29, 0.717) is 17.7 Å². The zero-order valence-corrected chi connectivity index (χ0v) is 27.8. The fourth-order valence-electron chi connectivity index (χ4n) is 5.74. The van der Waals surface area contributed by atoms with E-state index in [1.807, 2.05) is 78.9 Å². The van der Waals surface area contributed by atoms with Gasteiger partial charge < -0.3 is 29.7 Å². The van der Waals surface area contributed by atoms with Gasteiger partial charge in [0, 0.05) is 22.6 Å². The Kier molecular flexibility index (Phi) is 11.2. The summed E-state index contributed by atoms with van der Waals surface area (Å²) < 4.78 is 18.1. The van der Waals surface area contributed by atoms with Crippen LogP contribution in [0.5, 0.6) is 0 Å². The third-order valence-corrected chi connectivity index (χ3v) is 9.64. The summed E-state index contributed by atoms with van der Waals surface area (Å²) in [6.07, 6.45) is -1.53. The fourth-order valence-corrected chi connectivity index (χ4v) is 6.66. The van der Waals surface area contributed by atoms with Crippen molar-refractivity contribution in [1.29, 1.82) is 0 Å². The Bertz CT molecular complexity index is 1800. The van der Waals surface area contributed by atoms with Crippen LogP contribution in [-0.2, 0) is 43.6 Å². The Morgan fingerprint density at radius 1 is 0.840 bits per heavy atom. The lowest BCUT2D eigenvalue weighted by Crippen LogP contribution is -2.41. The maximum absolute atomic E-state index is 13.1. The minimum absolute atomic E-state index is 0.0430. The molecular formula is C38H36N2O9S. The van der Waals surface area contributed by atoms with E-state index in [1.165, 1.54) is 0 Å². The number of carbonyl (C=O) groups is 4. The van der Waals surface area contributed by atoms with Gasteiger partial charge >= 0.3 is 12.1 Å². The highest BCUT2D eigenvalue weighted by molar-refractivity contribution is 7.99. The summed E-state index contributed by atoms with van der Waals surface area (Å²) in [6, 6.07) is 29.8. The van der Waals surface area contributed by atoms with E-state index in [1.54, 1.807) is 36.0 Å². The normalized spacial score (nSPS) is 20.5. The van der Waals surface area contributed by atoms with Crippen LogP contribution in [0.15, 0.2) is 108 Å². The van der Waals surface area contributed by atoms with Crippen LogP contribution < -0.4 is 5.32 Å². The SMILES string of the molecule is O=C(NC1CC(=O)N(Cc2ccc([C@H]3O[C@@H](CSc4ccc(C(=O)O)cc4)C[C@@H](c4ccc(CO)cc4)O3)cc2)C1=O)OCc1ccccc1. The molecule has 0 spiro atoms. The van der Waals surface area contributed by atoms with Crippen molar-refractivity contribution in [3.05, 3.63) is 137 Å². The van der Waals surface area contributed by atoms with Crippen molar-refractivity contribution in [1.82, 2.24) is 10.2 Å². The number of aliphatic hydroxyl groups is 1. The van der Waals surface area contributed by atoms with E-state index in [0.717, 1.165) is 32.0 Å². The molecule has 2 aliphatic heterocycles. The maximum Gasteiger partial charge on any atom is 0.408 e.